The Balaban J connectivity index is 6.62. The van der Waals surface area contributed by atoms with Gasteiger partial charge in [-0.3, -0.25) is 0 Å². The zero-order chi connectivity index (χ0) is 23.5. The van der Waals surface area contributed by atoms with Crippen molar-refractivity contribution >= 4 is 15.8 Å². The van der Waals surface area contributed by atoms with Crippen LogP contribution in [0.5, 0.6) is 0 Å². The van der Waals surface area contributed by atoms with Crippen molar-refractivity contribution in [2.45, 2.75) is 27.7 Å². The maximum absolute atomic E-state index is 4.13. The van der Waals surface area contributed by atoms with Crippen molar-refractivity contribution in [3.63, 3.8) is 0 Å². The molecule has 31 heavy (non-hydrogen) atoms. The predicted molar refractivity (Wildman–Crippen MR) is 151 cm³/mol. The second-order valence-corrected chi connectivity index (χ2v) is 11.5. The van der Waals surface area contributed by atoms with Crippen LogP contribution < -0.4 is 0 Å². The summed E-state index contributed by atoms with van der Waals surface area (Å²) in [5.74, 6) is 1.05. The summed E-state index contributed by atoms with van der Waals surface area (Å²) in [6.07, 6.45) is 33.0. The summed E-state index contributed by atoms with van der Waals surface area (Å²) in [5, 5.41) is 5.33. The van der Waals surface area contributed by atoms with Crippen molar-refractivity contribution in [3.8, 4) is 0 Å². The standard InChI is InChI=1S/C29H38P2/c1-9-16-20-21-26(8)30(27(13-5)22-17-10-2)25-31(28(14-6)23-18-11-3)29(15-7)24-19-12-4/h9-24H,1-3,7,25H2,4-6,8H3/b19-12-,20-16-,22-17-,23-18-,26-21?,27-13+,28-14+,29-24+. The van der Waals surface area contributed by atoms with E-state index in [9.17, 15) is 0 Å². The van der Waals surface area contributed by atoms with Crippen LogP contribution in [0.3, 0.4) is 0 Å². The third-order valence-electron chi connectivity index (χ3n) is 4.29. The molecule has 0 saturated carbocycles. The quantitative estimate of drug-likeness (QED) is 0.183. The molecular formula is C29H38P2. The number of rotatable bonds is 14. The molecule has 0 spiro atoms. The molecule has 0 aromatic heterocycles. The first-order chi connectivity index (χ1) is 15.0. The van der Waals surface area contributed by atoms with Gasteiger partial charge in [0, 0.05) is 5.90 Å². The highest BCUT2D eigenvalue weighted by Crippen LogP contribution is 2.66. The molecule has 0 N–H and O–H groups in total. The summed E-state index contributed by atoms with van der Waals surface area (Å²) in [6, 6.07) is 0. The third kappa shape index (κ3) is 11.1. The van der Waals surface area contributed by atoms with Crippen LogP contribution in [0.4, 0.5) is 0 Å². The maximum atomic E-state index is 4.13. The second kappa shape index (κ2) is 18.5. The molecule has 0 nitrogen and oxygen atoms in total. The van der Waals surface area contributed by atoms with E-state index in [4.69, 9.17) is 0 Å². The van der Waals surface area contributed by atoms with Gasteiger partial charge in [0.2, 0.25) is 0 Å². The largest absolute Gasteiger partial charge is 0.0991 e. The number of hydrogen-bond donors (Lipinski definition) is 0. The van der Waals surface area contributed by atoms with Gasteiger partial charge in [-0.05, 0) is 64.8 Å². The van der Waals surface area contributed by atoms with Gasteiger partial charge in [-0.2, -0.15) is 0 Å². The number of hydrogen-bond acceptors (Lipinski definition) is 0. The fourth-order valence-electron chi connectivity index (χ4n) is 2.69. The summed E-state index contributed by atoms with van der Waals surface area (Å²) >= 11 is 0. The molecule has 0 amide bonds. The molecule has 0 aliphatic heterocycles. The lowest BCUT2D eigenvalue weighted by Crippen LogP contribution is -1.93. The van der Waals surface area contributed by atoms with E-state index >= 15 is 0 Å². The zero-order valence-corrected chi connectivity index (χ0v) is 21.5. The van der Waals surface area contributed by atoms with Crippen LogP contribution in [0.15, 0.2) is 145 Å². The highest BCUT2D eigenvalue weighted by Gasteiger charge is 2.23. The van der Waals surface area contributed by atoms with Crippen LogP contribution in [0.25, 0.3) is 0 Å². The Bertz CT molecular complexity index is 836. The lowest BCUT2D eigenvalue weighted by molar-refractivity contribution is 1.60. The van der Waals surface area contributed by atoms with Gasteiger partial charge in [0.05, 0.1) is 0 Å². The van der Waals surface area contributed by atoms with Gasteiger partial charge in [0.15, 0.2) is 0 Å². The smallest absolute Gasteiger partial charge is 0.00372 e. The maximum Gasteiger partial charge on any atom is 0.00372 e. The van der Waals surface area contributed by atoms with E-state index in [1.807, 2.05) is 43.4 Å². The zero-order valence-electron chi connectivity index (χ0n) is 19.7. The monoisotopic (exact) mass is 448 g/mol. The average molecular weight is 449 g/mol. The average Bonchev–Trinajstić information content (AvgIpc) is 2.78. The summed E-state index contributed by atoms with van der Waals surface area (Å²) in [4.78, 5) is 0. The van der Waals surface area contributed by atoms with Crippen LogP contribution in [-0.4, -0.2) is 5.90 Å². The molecule has 0 saturated heterocycles. The van der Waals surface area contributed by atoms with Gasteiger partial charge in [-0.15, -0.1) is 0 Å². The Morgan fingerprint density at radius 1 is 0.645 bits per heavy atom. The van der Waals surface area contributed by atoms with Crippen LogP contribution in [0, 0.1) is 0 Å². The van der Waals surface area contributed by atoms with Crippen molar-refractivity contribution in [1.29, 1.82) is 0 Å². The van der Waals surface area contributed by atoms with Crippen molar-refractivity contribution in [2.75, 3.05) is 5.90 Å². The first kappa shape index (κ1) is 28.7. The summed E-state index contributed by atoms with van der Waals surface area (Å²) in [6.45, 7) is 24.1. The van der Waals surface area contributed by atoms with Crippen molar-refractivity contribution in [3.05, 3.63) is 145 Å². The topological polar surface area (TPSA) is 0 Å². The van der Waals surface area contributed by atoms with E-state index < -0.39 is 15.8 Å². The Kier molecular flexibility index (Phi) is 17.2. The Morgan fingerprint density at radius 2 is 1.19 bits per heavy atom. The van der Waals surface area contributed by atoms with Crippen molar-refractivity contribution in [2.24, 2.45) is 0 Å². The van der Waals surface area contributed by atoms with E-state index in [0.717, 1.165) is 5.90 Å². The normalized spacial score (nSPS) is 16.4. The third-order valence-corrected chi connectivity index (χ3v) is 10.6. The van der Waals surface area contributed by atoms with E-state index in [-0.39, 0.29) is 0 Å². The molecule has 2 unspecified atom stereocenters. The van der Waals surface area contributed by atoms with Crippen molar-refractivity contribution < 1.29 is 0 Å². The fraction of sp³-hybridized carbons (Fsp3) is 0.172. The molecule has 0 aromatic rings. The molecule has 0 aromatic carbocycles. The first-order valence-electron chi connectivity index (χ1n) is 10.4. The van der Waals surface area contributed by atoms with Crippen LogP contribution >= 0.6 is 15.8 Å². The molecule has 0 heterocycles. The Morgan fingerprint density at radius 3 is 1.65 bits per heavy atom. The van der Waals surface area contributed by atoms with E-state index in [0.29, 0.717) is 0 Å². The molecule has 2 atom stereocenters. The van der Waals surface area contributed by atoms with Gasteiger partial charge >= 0.3 is 0 Å². The molecule has 0 radical (unpaired) electrons. The van der Waals surface area contributed by atoms with Crippen LogP contribution in [0.2, 0.25) is 0 Å². The molecule has 0 aliphatic rings. The Hall–Kier alpha value is -2.26. The molecule has 0 aliphatic carbocycles. The highest BCUT2D eigenvalue weighted by molar-refractivity contribution is 7.82. The van der Waals surface area contributed by atoms with E-state index in [1.54, 1.807) is 6.08 Å². The lowest BCUT2D eigenvalue weighted by atomic mass is 10.4. The molecule has 0 fully saturated rings. The van der Waals surface area contributed by atoms with Gasteiger partial charge in [-0.25, -0.2) is 0 Å². The minimum Gasteiger partial charge on any atom is -0.0991 e. The minimum absolute atomic E-state index is 0.542. The van der Waals surface area contributed by atoms with Crippen molar-refractivity contribution in [1.82, 2.24) is 0 Å². The van der Waals surface area contributed by atoms with Crippen LogP contribution in [-0.2, 0) is 0 Å². The SMILES string of the molecule is C=C/C=C\C=C(C)P(CP(/C(C=C)=C/C=C\C)C(/C=C\C=C)=C/C)C(/C=C\C=C)=C/C. The fourth-order valence-corrected chi connectivity index (χ4v) is 9.29. The molecule has 164 valence electrons. The van der Waals surface area contributed by atoms with Gasteiger partial charge in [0.25, 0.3) is 0 Å². The van der Waals surface area contributed by atoms with E-state index in [1.165, 1.54) is 21.3 Å². The highest BCUT2D eigenvalue weighted by atomic mass is 31.2. The summed E-state index contributed by atoms with van der Waals surface area (Å²) in [5.41, 5.74) is 0. The Labute approximate surface area is 194 Å². The molecular weight excluding hydrogens is 410 g/mol. The first-order valence-corrected chi connectivity index (χ1v) is 13.5. The van der Waals surface area contributed by atoms with Gasteiger partial charge < -0.3 is 0 Å². The van der Waals surface area contributed by atoms with Gasteiger partial charge in [-0.1, -0.05) is 124 Å². The lowest BCUT2D eigenvalue weighted by Gasteiger charge is -2.28. The van der Waals surface area contributed by atoms with Gasteiger partial charge in [0.1, 0.15) is 0 Å². The van der Waals surface area contributed by atoms with Crippen LogP contribution in [0.1, 0.15) is 27.7 Å². The summed E-state index contributed by atoms with van der Waals surface area (Å²) < 4.78 is 0. The molecule has 2 heteroatoms. The second-order valence-electron chi connectivity index (χ2n) is 6.36. The molecule has 0 rings (SSSR count). The number of allylic oxidation sites excluding steroid dienone is 20. The predicted octanol–water partition coefficient (Wildman–Crippen LogP) is 10.5. The summed E-state index contributed by atoms with van der Waals surface area (Å²) in [7, 11) is -1.13. The van der Waals surface area contributed by atoms with E-state index in [2.05, 4.69) is 102 Å². The molecule has 0 bridgehead atoms. The minimum atomic E-state index is -0.593.